The van der Waals surface area contributed by atoms with Gasteiger partial charge in [-0.15, -0.1) is 0 Å². The number of hydrogen-bond donors (Lipinski definition) is 0. The summed E-state index contributed by atoms with van der Waals surface area (Å²) in [5.74, 6) is 1.76. The molecule has 0 aromatic heterocycles. The second-order valence-electron chi connectivity index (χ2n) is 3.54. The molecule has 0 spiro atoms. The van der Waals surface area contributed by atoms with E-state index in [0.29, 0.717) is 11.7 Å². The summed E-state index contributed by atoms with van der Waals surface area (Å²) in [6.07, 6.45) is 4.56. The Labute approximate surface area is 74.7 Å². The van der Waals surface area contributed by atoms with Crippen LogP contribution in [0.4, 0.5) is 0 Å². The van der Waals surface area contributed by atoms with Crippen molar-refractivity contribution in [3.8, 4) is 0 Å². The van der Waals surface area contributed by atoms with E-state index in [1.807, 2.05) is 0 Å². The van der Waals surface area contributed by atoms with Crippen LogP contribution in [0.5, 0.6) is 0 Å². The Bertz CT molecular complexity index is 167. The normalized spacial score (nSPS) is 46.1. The molecule has 0 saturated heterocycles. The molecule has 0 aromatic rings. The molecule has 0 N–H and O–H groups in total. The van der Waals surface area contributed by atoms with Gasteiger partial charge in [-0.05, 0) is 25.2 Å². The first-order chi connectivity index (χ1) is 4.75. The minimum absolute atomic E-state index is 0.459. The lowest BCUT2D eigenvalue weighted by Crippen LogP contribution is -2.16. The van der Waals surface area contributed by atoms with Gasteiger partial charge < -0.3 is 0 Å². The van der Waals surface area contributed by atoms with Gasteiger partial charge in [-0.1, -0.05) is 22.6 Å². The third-order valence-electron chi connectivity index (χ3n) is 2.69. The first kappa shape index (κ1) is 7.07. The molecule has 1 nitrogen and oxygen atoms in total. The van der Waals surface area contributed by atoms with E-state index in [0.717, 1.165) is 22.7 Å². The standard InChI is InChI=1S/C8H11IO/c9-7-2-5-1-6(4-7)8(10)3-5/h5-7H,1-4H2/t5-,6+,7-/m1/s1. The molecule has 0 aromatic carbocycles. The van der Waals surface area contributed by atoms with Crippen molar-refractivity contribution in [3.05, 3.63) is 0 Å². The third kappa shape index (κ3) is 1.11. The predicted octanol–water partition coefficient (Wildman–Crippen LogP) is 2.18. The van der Waals surface area contributed by atoms with Crippen molar-refractivity contribution < 1.29 is 4.79 Å². The van der Waals surface area contributed by atoms with Crippen LogP contribution in [0.25, 0.3) is 0 Å². The summed E-state index contributed by atoms with van der Waals surface area (Å²) in [4.78, 5) is 11.2. The number of hydrogen-bond acceptors (Lipinski definition) is 1. The zero-order chi connectivity index (χ0) is 7.14. The number of fused-ring (bicyclic) bond motifs is 2. The van der Waals surface area contributed by atoms with Crippen LogP contribution in [0.2, 0.25) is 0 Å². The van der Waals surface area contributed by atoms with E-state index in [1.165, 1.54) is 12.8 Å². The molecule has 0 radical (unpaired) electrons. The van der Waals surface area contributed by atoms with Crippen molar-refractivity contribution in [3.63, 3.8) is 0 Å². The SMILES string of the molecule is O=C1C[C@H]2C[C@@H](I)C[C@@H]1C2. The Kier molecular flexibility index (Phi) is 1.74. The molecular formula is C8H11IO. The van der Waals surface area contributed by atoms with E-state index in [2.05, 4.69) is 22.6 Å². The van der Waals surface area contributed by atoms with Gasteiger partial charge in [-0.3, -0.25) is 4.79 Å². The molecule has 2 aliphatic carbocycles. The molecule has 0 amide bonds. The lowest BCUT2D eigenvalue weighted by atomic mass is 9.89. The van der Waals surface area contributed by atoms with Crippen molar-refractivity contribution in [2.24, 2.45) is 11.8 Å². The summed E-state index contributed by atoms with van der Waals surface area (Å²) in [6, 6.07) is 0. The monoisotopic (exact) mass is 250 g/mol. The Morgan fingerprint density at radius 1 is 1.30 bits per heavy atom. The molecule has 3 atom stereocenters. The number of ketones is 1. The average Bonchev–Trinajstić information content (AvgIpc) is 2.07. The van der Waals surface area contributed by atoms with Crippen molar-refractivity contribution >= 4 is 28.4 Å². The summed E-state index contributed by atoms with van der Waals surface area (Å²) in [7, 11) is 0. The van der Waals surface area contributed by atoms with Crippen LogP contribution in [0.1, 0.15) is 25.7 Å². The van der Waals surface area contributed by atoms with E-state index < -0.39 is 0 Å². The molecule has 2 saturated carbocycles. The Morgan fingerprint density at radius 2 is 2.10 bits per heavy atom. The maximum absolute atomic E-state index is 11.2. The highest BCUT2D eigenvalue weighted by Crippen LogP contribution is 2.42. The number of rotatable bonds is 0. The Hall–Kier alpha value is 0.400. The first-order valence-corrected chi connectivity index (χ1v) is 5.17. The molecule has 2 bridgehead atoms. The van der Waals surface area contributed by atoms with Gasteiger partial charge in [0, 0.05) is 16.3 Å². The van der Waals surface area contributed by atoms with Crippen LogP contribution >= 0.6 is 22.6 Å². The van der Waals surface area contributed by atoms with Crippen molar-refractivity contribution in [1.29, 1.82) is 0 Å². The Balaban J connectivity index is 2.13. The minimum atomic E-state index is 0.459. The van der Waals surface area contributed by atoms with E-state index in [1.54, 1.807) is 0 Å². The van der Waals surface area contributed by atoms with Crippen LogP contribution in [-0.4, -0.2) is 9.71 Å². The van der Waals surface area contributed by atoms with Crippen molar-refractivity contribution in [2.45, 2.75) is 29.6 Å². The zero-order valence-corrected chi connectivity index (χ0v) is 8.00. The summed E-state index contributed by atoms with van der Waals surface area (Å²) >= 11 is 2.48. The summed E-state index contributed by atoms with van der Waals surface area (Å²) in [5.41, 5.74) is 0. The summed E-state index contributed by atoms with van der Waals surface area (Å²) in [5, 5.41) is 0. The molecule has 0 unspecified atom stereocenters. The average molecular weight is 250 g/mol. The highest BCUT2D eigenvalue weighted by Gasteiger charge is 2.38. The van der Waals surface area contributed by atoms with E-state index in [4.69, 9.17) is 0 Å². The first-order valence-electron chi connectivity index (χ1n) is 3.92. The van der Waals surface area contributed by atoms with Crippen LogP contribution in [0, 0.1) is 11.8 Å². The summed E-state index contributed by atoms with van der Waals surface area (Å²) < 4.78 is 0.785. The fourth-order valence-corrected chi connectivity index (χ4v) is 3.58. The zero-order valence-electron chi connectivity index (χ0n) is 5.85. The molecule has 2 aliphatic rings. The van der Waals surface area contributed by atoms with E-state index >= 15 is 0 Å². The van der Waals surface area contributed by atoms with Crippen LogP contribution in [0.15, 0.2) is 0 Å². The van der Waals surface area contributed by atoms with Crippen molar-refractivity contribution in [1.82, 2.24) is 0 Å². The molecule has 2 heteroatoms. The molecular weight excluding hydrogens is 239 g/mol. The molecule has 0 aliphatic heterocycles. The lowest BCUT2D eigenvalue weighted by molar-refractivity contribution is -0.120. The summed E-state index contributed by atoms with van der Waals surface area (Å²) in [6.45, 7) is 0. The maximum Gasteiger partial charge on any atom is 0.136 e. The van der Waals surface area contributed by atoms with Crippen LogP contribution < -0.4 is 0 Å². The number of carbonyl (C=O) groups is 1. The van der Waals surface area contributed by atoms with Gasteiger partial charge >= 0.3 is 0 Å². The van der Waals surface area contributed by atoms with Crippen molar-refractivity contribution in [2.75, 3.05) is 0 Å². The van der Waals surface area contributed by atoms with Gasteiger partial charge in [0.2, 0.25) is 0 Å². The van der Waals surface area contributed by atoms with E-state index in [9.17, 15) is 4.79 Å². The van der Waals surface area contributed by atoms with Gasteiger partial charge in [0.25, 0.3) is 0 Å². The topological polar surface area (TPSA) is 17.1 Å². The van der Waals surface area contributed by atoms with Gasteiger partial charge in [0.05, 0.1) is 0 Å². The number of Topliss-reactive ketones (excluding diaryl/α,β-unsaturated/α-hetero) is 1. The number of halogens is 1. The minimum Gasteiger partial charge on any atom is -0.299 e. The molecule has 10 heavy (non-hydrogen) atoms. The number of alkyl halides is 1. The smallest absolute Gasteiger partial charge is 0.136 e. The molecule has 56 valence electrons. The molecule has 2 rings (SSSR count). The quantitative estimate of drug-likeness (QED) is 0.475. The second kappa shape index (κ2) is 2.47. The maximum atomic E-state index is 11.2. The highest BCUT2D eigenvalue weighted by molar-refractivity contribution is 14.1. The largest absolute Gasteiger partial charge is 0.299 e. The third-order valence-corrected chi connectivity index (χ3v) is 3.71. The van der Waals surface area contributed by atoms with Crippen LogP contribution in [0.3, 0.4) is 0 Å². The van der Waals surface area contributed by atoms with Gasteiger partial charge in [-0.25, -0.2) is 0 Å². The fraction of sp³-hybridized carbons (Fsp3) is 0.875. The Morgan fingerprint density at radius 3 is 2.80 bits per heavy atom. The second-order valence-corrected chi connectivity index (χ2v) is 5.30. The molecule has 0 heterocycles. The number of carbonyl (C=O) groups excluding carboxylic acids is 1. The molecule has 2 fully saturated rings. The van der Waals surface area contributed by atoms with Gasteiger partial charge in [-0.2, -0.15) is 0 Å². The lowest BCUT2D eigenvalue weighted by Gasteiger charge is -2.21. The van der Waals surface area contributed by atoms with E-state index in [-0.39, 0.29) is 0 Å². The predicted molar refractivity (Wildman–Crippen MR) is 48.3 cm³/mol. The van der Waals surface area contributed by atoms with Crippen LogP contribution in [-0.2, 0) is 4.79 Å². The van der Waals surface area contributed by atoms with Gasteiger partial charge in [0.15, 0.2) is 0 Å². The van der Waals surface area contributed by atoms with Gasteiger partial charge in [0.1, 0.15) is 5.78 Å². The highest BCUT2D eigenvalue weighted by atomic mass is 127. The fourth-order valence-electron chi connectivity index (χ4n) is 2.24.